The van der Waals surface area contributed by atoms with Gasteiger partial charge in [-0.3, -0.25) is 0 Å². The smallest absolute Gasteiger partial charge is 0.410 e. The Balaban J connectivity index is 1.63. The van der Waals surface area contributed by atoms with Gasteiger partial charge < -0.3 is 15.0 Å². The zero-order valence-electron chi connectivity index (χ0n) is 19.0. The molecule has 1 N–H and O–H groups in total. The number of carbonyl (C=O) groups is 1. The maximum Gasteiger partial charge on any atom is 0.410 e. The zero-order valence-corrected chi connectivity index (χ0v) is 19.8. The number of ether oxygens (including phenoxy) is 1. The minimum absolute atomic E-state index is 0.262. The van der Waals surface area contributed by atoms with Gasteiger partial charge in [-0.15, -0.1) is 0 Å². The van der Waals surface area contributed by atoms with Crippen LogP contribution < -0.4 is 5.32 Å². The fourth-order valence-corrected chi connectivity index (χ4v) is 5.19. The van der Waals surface area contributed by atoms with Gasteiger partial charge in [0, 0.05) is 30.5 Å². The average Bonchev–Trinajstić information content (AvgIpc) is 2.73. The van der Waals surface area contributed by atoms with Gasteiger partial charge in [-0.25, -0.2) is 23.2 Å². The van der Waals surface area contributed by atoms with Gasteiger partial charge in [0.15, 0.2) is 9.84 Å². The van der Waals surface area contributed by atoms with Gasteiger partial charge in [0.25, 0.3) is 0 Å². The lowest BCUT2D eigenvalue weighted by molar-refractivity contribution is 0.0217. The number of piperidine rings is 1. The third-order valence-corrected chi connectivity index (χ3v) is 7.49. The van der Waals surface area contributed by atoms with E-state index < -0.39 is 26.8 Å². The van der Waals surface area contributed by atoms with E-state index in [2.05, 4.69) is 21.9 Å². The molecule has 0 spiro atoms. The van der Waals surface area contributed by atoms with Crippen LogP contribution in [-0.4, -0.2) is 53.3 Å². The molecule has 0 radical (unpaired) electrons. The molecule has 1 aromatic heterocycles. The van der Waals surface area contributed by atoms with Crippen LogP contribution in [-0.2, 0) is 14.6 Å². The van der Waals surface area contributed by atoms with Crippen LogP contribution in [0.4, 0.5) is 16.4 Å². The lowest BCUT2D eigenvalue weighted by atomic mass is 10.1. The highest BCUT2D eigenvalue weighted by atomic mass is 32.2. The highest BCUT2D eigenvalue weighted by Gasteiger charge is 2.34. The molecule has 8 nitrogen and oxygen atoms in total. The Hall–Kier alpha value is -2.94. The van der Waals surface area contributed by atoms with Gasteiger partial charge >= 0.3 is 6.09 Å². The van der Waals surface area contributed by atoms with Crippen molar-refractivity contribution in [1.29, 1.82) is 0 Å². The molecule has 3 rings (SSSR count). The SMILES string of the molecule is C=Cc1cnc(Nc2ccc(S(=O)(=O)C3CCN(C(=O)OC(C)(C)C)CC3)cc2)nc1C. The first kappa shape index (κ1) is 23.7. The van der Waals surface area contributed by atoms with Crippen LogP contribution in [0.3, 0.4) is 0 Å². The number of sulfone groups is 1. The number of likely N-dealkylation sites (tertiary alicyclic amines) is 1. The monoisotopic (exact) mass is 458 g/mol. The van der Waals surface area contributed by atoms with Crippen LogP contribution in [0.25, 0.3) is 6.08 Å². The summed E-state index contributed by atoms with van der Waals surface area (Å²) in [5.74, 6) is 0.429. The summed E-state index contributed by atoms with van der Waals surface area (Å²) in [6.07, 6.45) is 3.73. The normalized spacial score (nSPS) is 15.3. The van der Waals surface area contributed by atoms with Crippen LogP contribution in [0.15, 0.2) is 41.9 Å². The van der Waals surface area contributed by atoms with Gasteiger partial charge in [0.05, 0.1) is 15.8 Å². The Bertz CT molecular complexity index is 1080. The van der Waals surface area contributed by atoms with E-state index >= 15 is 0 Å². The van der Waals surface area contributed by atoms with Crippen LogP contribution in [0.1, 0.15) is 44.9 Å². The predicted molar refractivity (Wildman–Crippen MR) is 125 cm³/mol. The van der Waals surface area contributed by atoms with Crippen molar-refractivity contribution >= 4 is 33.6 Å². The molecule has 1 aromatic carbocycles. The van der Waals surface area contributed by atoms with Crippen molar-refractivity contribution in [1.82, 2.24) is 14.9 Å². The molecule has 1 aliphatic heterocycles. The molecule has 0 bridgehead atoms. The van der Waals surface area contributed by atoms with Crippen molar-refractivity contribution in [3.63, 3.8) is 0 Å². The third-order valence-electron chi connectivity index (χ3n) is 5.21. The molecule has 172 valence electrons. The summed E-state index contributed by atoms with van der Waals surface area (Å²) in [6, 6.07) is 6.57. The Morgan fingerprint density at radius 1 is 1.22 bits per heavy atom. The number of aromatic nitrogens is 2. The van der Waals surface area contributed by atoms with Gasteiger partial charge in [-0.2, -0.15) is 0 Å². The summed E-state index contributed by atoms with van der Waals surface area (Å²) in [4.78, 5) is 22.7. The van der Waals surface area contributed by atoms with E-state index in [1.807, 2.05) is 27.7 Å². The van der Waals surface area contributed by atoms with Crippen LogP contribution in [0, 0.1) is 6.92 Å². The lowest BCUT2D eigenvalue weighted by Gasteiger charge is -2.33. The summed E-state index contributed by atoms with van der Waals surface area (Å²) >= 11 is 0. The van der Waals surface area contributed by atoms with Crippen molar-refractivity contribution in [2.75, 3.05) is 18.4 Å². The summed E-state index contributed by atoms with van der Waals surface area (Å²) < 4.78 is 31.6. The van der Waals surface area contributed by atoms with Gasteiger partial charge in [-0.05, 0) is 64.8 Å². The number of carbonyl (C=O) groups excluding carboxylic acids is 1. The molecule has 9 heteroatoms. The summed E-state index contributed by atoms with van der Waals surface area (Å²) in [6.45, 7) is 11.7. The molecular weight excluding hydrogens is 428 g/mol. The molecule has 1 aliphatic rings. The van der Waals surface area contributed by atoms with Gasteiger partial charge in [0.1, 0.15) is 5.60 Å². The maximum atomic E-state index is 13.1. The van der Waals surface area contributed by atoms with Gasteiger partial charge in [0.2, 0.25) is 5.95 Å². The summed E-state index contributed by atoms with van der Waals surface area (Å²) in [5, 5.41) is 2.55. The largest absolute Gasteiger partial charge is 0.444 e. The van der Waals surface area contributed by atoms with Crippen molar-refractivity contribution < 1.29 is 17.9 Å². The van der Waals surface area contributed by atoms with E-state index in [-0.39, 0.29) is 4.90 Å². The second-order valence-corrected chi connectivity index (χ2v) is 11.0. The predicted octanol–water partition coefficient (Wildman–Crippen LogP) is 4.34. The van der Waals surface area contributed by atoms with Crippen LogP contribution >= 0.6 is 0 Å². The third kappa shape index (κ3) is 5.64. The molecule has 2 aromatic rings. The molecular formula is C23H30N4O4S. The van der Waals surface area contributed by atoms with E-state index in [0.717, 1.165) is 11.3 Å². The minimum atomic E-state index is -3.50. The van der Waals surface area contributed by atoms with E-state index in [4.69, 9.17) is 4.74 Å². The molecule has 32 heavy (non-hydrogen) atoms. The first-order valence-corrected chi connectivity index (χ1v) is 12.1. The lowest BCUT2D eigenvalue weighted by Crippen LogP contribution is -2.44. The molecule has 0 saturated carbocycles. The van der Waals surface area contributed by atoms with E-state index in [9.17, 15) is 13.2 Å². The Morgan fingerprint density at radius 3 is 2.38 bits per heavy atom. The molecule has 0 aliphatic carbocycles. The topological polar surface area (TPSA) is 101 Å². The first-order chi connectivity index (χ1) is 15.0. The highest BCUT2D eigenvalue weighted by Crippen LogP contribution is 2.27. The maximum absolute atomic E-state index is 13.1. The molecule has 0 unspecified atom stereocenters. The fraction of sp³-hybridized carbons (Fsp3) is 0.435. The van der Waals surface area contributed by atoms with E-state index in [1.165, 1.54) is 0 Å². The summed E-state index contributed by atoms with van der Waals surface area (Å²) in [5.41, 5.74) is 1.77. The number of hydrogen-bond donors (Lipinski definition) is 1. The van der Waals surface area contributed by atoms with E-state index in [1.54, 1.807) is 41.4 Å². The van der Waals surface area contributed by atoms with Gasteiger partial charge in [-0.1, -0.05) is 12.7 Å². The van der Waals surface area contributed by atoms with Crippen molar-refractivity contribution in [3.8, 4) is 0 Å². The van der Waals surface area contributed by atoms with Crippen molar-refractivity contribution in [2.45, 2.75) is 56.3 Å². The Kier molecular flexibility index (Phi) is 6.88. The Labute approximate surface area is 189 Å². The molecule has 2 heterocycles. The van der Waals surface area contributed by atoms with Crippen LogP contribution in [0.5, 0.6) is 0 Å². The second-order valence-electron chi connectivity index (χ2n) is 8.80. The quantitative estimate of drug-likeness (QED) is 0.711. The van der Waals surface area contributed by atoms with E-state index in [0.29, 0.717) is 37.6 Å². The number of hydrogen-bond acceptors (Lipinski definition) is 7. The number of benzene rings is 1. The molecule has 0 atom stereocenters. The first-order valence-electron chi connectivity index (χ1n) is 10.5. The number of aryl methyl sites for hydroxylation is 1. The minimum Gasteiger partial charge on any atom is -0.444 e. The summed E-state index contributed by atoms with van der Waals surface area (Å²) in [7, 11) is -3.50. The number of nitrogens with zero attached hydrogens (tertiary/aromatic N) is 3. The highest BCUT2D eigenvalue weighted by molar-refractivity contribution is 7.92. The van der Waals surface area contributed by atoms with Crippen molar-refractivity contribution in [2.24, 2.45) is 0 Å². The molecule has 1 amide bonds. The Morgan fingerprint density at radius 2 is 1.84 bits per heavy atom. The molecule has 1 saturated heterocycles. The average molecular weight is 459 g/mol. The number of rotatable bonds is 5. The number of amides is 1. The fourth-order valence-electron chi connectivity index (χ4n) is 3.46. The number of anilines is 2. The number of nitrogens with one attached hydrogen (secondary N) is 1. The molecule has 1 fully saturated rings. The standard InChI is InChI=1S/C23H30N4O4S/c1-6-17-15-24-21(25-16(17)2)26-18-7-9-19(10-8-18)32(29,30)20-11-13-27(14-12-20)22(28)31-23(3,4)5/h6-10,15,20H,1,11-14H2,2-5H3,(H,24,25,26). The second kappa shape index (κ2) is 9.28. The zero-order chi connectivity index (χ0) is 23.5. The van der Waals surface area contributed by atoms with Crippen molar-refractivity contribution in [3.05, 3.63) is 48.3 Å². The van der Waals surface area contributed by atoms with Crippen LogP contribution in [0.2, 0.25) is 0 Å².